The maximum absolute atomic E-state index is 12.2. The number of anilines is 1. The van der Waals surface area contributed by atoms with Crippen molar-refractivity contribution in [2.45, 2.75) is 45.8 Å². The molecule has 2 heterocycles. The average molecular weight is 321 g/mol. The van der Waals surface area contributed by atoms with E-state index in [2.05, 4.69) is 22.0 Å². The van der Waals surface area contributed by atoms with Crippen molar-refractivity contribution in [3.8, 4) is 0 Å². The Bertz CT molecular complexity index is 553. The largest absolute Gasteiger partial charge is 0.444 e. The highest BCUT2D eigenvalue weighted by molar-refractivity contribution is 5.68. The summed E-state index contributed by atoms with van der Waals surface area (Å²) in [7, 11) is 0. The normalized spacial score (nSPS) is 18.7. The van der Waals surface area contributed by atoms with Crippen LogP contribution in [0, 0.1) is 4.91 Å². The van der Waals surface area contributed by atoms with Gasteiger partial charge in [-0.05, 0) is 38.2 Å². The molecule has 0 saturated carbocycles. The summed E-state index contributed by atoms with van der Waals surface area (Å²) < 4.78 is 5.46. The molecule has 7 nitrogen and oxygen atoms in total. The van der Waals surface area contributed by atoms with E-state index in [1.165, 1.54) is 0 Å². The Morgan fingerprint density at radius 2 is 2.13 bits per heavy atom. The molecule has 0 radical (unpaired) electrons. The number of amides is 1. The summed E-state index contributed by atoms with van der Waals surface area (Å²) in [5.41, 5.74) is 0.510. The van der Waals surface area contributed by atoms with Crippen LogP contribution in [0.3, 0.4) is 0 Å². The molecule has 1 fully saturated rings. The van der Waals surface area contributed by atoms with Gasteiger partial charge >= 0.3 is 11.9 Å². The zero-order chi connectivity index (χ0) is 17.0. The van der Waals surface area contributed by atoms with E-state index in [4.69, 9.17) is 4.74 Å². The van der Waals surface area contributed by atoms with E-state index in [-0.39, 0.29) is 12.1 Å². The SMILES string of the molecule is CC[C@H]1CN(C(=O)OC(C)(C)C)CCN1c1ccc(N=O)[nH+]c1. The van der Waals surface area contributed by atoms with E-state index in [0.29, 0.717) is 18.9 Å². The molecule has 1 aromatic heterocycles. The van der Waals surface area contributed by atoms with Gasteiger partial charge in [-0.1, -0.05) is 6.92 Å². The van der Waals surface area contributed by atoms with Crippen molar-refractivity contribution < 1.29 is 14.5 Å². The highest BCUT2D eigenvalue weighted by Crippen LogP contribution is 2.23. The third kappa shape index (κ3) is 4.40. The van der Waals surface area contributed by atoms with Gasteiger partial charge in [0.1, 0.15) is 11.8 Å². The first kappa shape index (κ1) is 17.2. The fourth-order valence-corrected chi connectivity index (χ4v) is 2.68. The first-order valence-corrected chi connectivity index (χ1v) is 7.93. The topological polar surface area (TPSA) is 76.3 Å². The predicted molar refractivity (Wildman–Crippen MR) is 87.7 cm³/mol. The highest BCUT2D eigenvalue weighted by Gasteiger charge is 2.31. The van der Waals surface area contributed by atoms with Gasteiger partial charge in [-0.25, -0.2) is 9.78 Å². The fraction of sp³-hybridized carbons (Fsp3) is 0.625. The van der Waals surface area contributed by atoms with E-state index in [9.17, 15) is 9.70 Å². The third-order valence-corrected chi connectivity index (χ3v) is 3.82. The minimum Gasteiger partial charge on any atom is -0.444 e. The number of piperazine rings is 1. The summed E-state index contributed by atoms with van der Waals surface area (Å²) in [4.78, 5) is 29.6. The predicted octanol–water partition coefficient (Wildman–Crippen LogP) is 2.73. The molecule has 126 valence electrons. The van der Waals surface area contributed by atoms with Gasteiger partial charge < -0.3 is 14.5 Å². The zero-order valence-corrected chi connectivity index (χ0v) is 14.2. The van der Waals surface area contributed by atoms with Gasteiger partial charge in [-0.15, -0.1) is 0 Å². The number of nitrogens with zero attached hydrogens (tertiary/aromatic N) is 3. The lowest BCUT2D eigenvalue weighted by Gasteiger charge is -2.42. The van der Waals surface area contributed by atoms with Gasteiger partial charge in [0, 0.05) is 31.7 Å². The van der Waals surface area contributed by atoms with Crippen LogP contribution in [0.5, 0.6) is 0 Å². The van der Waals surface area contributed by atoms with Crippen LogP contribution in [0.25, 0.3) is 0 Å². The van der Waals surface area contributed by atoms with Crippen LogP contribution >= 0.6 is 0 Å². The summed E-state index contributed by atoms with van der Waals surface area (Å²) in [5, 5.41) is 2.87. The number of carbonyl (C=O) groups excluding carboxylic acids is 1. The van der Waals surface area contributed by atoms with Gasteiger partial charge in [0.2, 0.25) is 5.18 Å². The number of ether oxygens (including phenoxy) is 1. The van der Waals surface area contributed by atoms with Gasteiger partial charge in [0.05, 0.1) is 5.69 Å². The van der Waals surface area contributed by atoms with Crippen LogP contribution in [0.2, 0.25) is 0 Å². The molecule has 7 heteroatoms. The Morgan fingerprint density at radius 1 is 1.39 bits per heavy atom. The van der Waals surface area contributed by atoms with Crippen LogP contribution in [-0.4, -0.2) is 42.3 Å². The zero-order valence-electron chi connectivity index (χ0n) is 14.2. The molecule has 0 bridgehead atoms. The maximum atomic E-state index is 12.2. The molecule has 0 spiro atoms. The first-order valence-electron chi connectivity index (χ1n) is 7.93. The molecule has 23 heavy (non-hydrogen) atoms. The van der Waals surface area contributed by atoms with Crippen LogP contribution in [0.4, 0.5) is 16.3 Å². The monoisotopic (exact) mass is 321 g/mol. The summed E-state index contributed by atoms with van der Waals surface area (Å²) >= 11 is 0. The first-order chi connectivity index (χ1) is 10.8. The fourth-order valence-electron chi connectivity index (χ4n) is 2.68. The Balaban J connectivity index is 2.06. The van der Waals surface area contributed by atoms with E-state index in [0.717, 1.165) is 18.7 Å². The third-order valence-electron chi connectivity index (χ3n) is 3.82. The summed E-state index contributed by atoms with van der Waals surface area (Å²) in [6.45, 7) is 9.67. The van der Waals surface area contributed by atoms with Gasteiger partial charge in [-0.3, -0.25) is 0 Å². The van der Waals surface area contributed by atoms with E-state index >= 15 is 0 Å². The van der Waals surface area contributed by atoms with E-state index in [1.807, 2.05) is 26.8 Å². The molecule has 1 amide bonds. The molecule has 1 saturated heterocycles. The second kappa shape index (κ2) is 6.93. The van der Waals surface area contributed by atoms with E-state index in [1.54, 1.807) is 17.2 Å². The maximum Gasteiger partial charge on any atom is 0.410 e. The van der Waals surface area contributed by atoms with Crippen LogP contribution in [0.1, 0.15) is 34.1 Å². The minimum absolute atomic E-state index is 0.208. The molecular formula is C16H25N4O3+. The number of aromatic nitrogens is 1. The van der Waals surface area contributed by atoms with Crippen molar-refractivity contribution in [2.24, 2.45) is 5.18 Å². The quantitative estimate of drug-likeness (QED) is 0.802. The highest BCUT2D eigenvalue weighted by atomic mass is 16.6. The lowest BCUT2D eigenvalue weighted by atomic mass is 10.1. The molecule has 0 aromatic carbocycles. The summed E-state index contributed by atoms with van der Waals surface area (Å²) in [6, 6.07) is 3.74. The number of rotatable bonds is 3. The average Bonchev–Trinajstić information content (AvgIpc) is 2.52. The molecule has 0 aliphatic carbocycles. The molecule has 1 N–H and O–H groups in total. The number of nitrogens with one attached hydrogen (secondary N) is 1. The van der Waals surface area contributed by atoms with Gasteiger partial charge in [-0.2, -0.15) is 0 Å². The lowest BCUT2D eigenvalue weighted by Crippen LogP contribution is -2.55. The van der Waals surface area contributed by atoms with E-state index < -0.39 is 5.60 Å². The molecule has 1 aromatic rings. The molecule has 1 atom stereocenters. The van der Waals surface area contributed by atoms with Crippen molar-refractivity contribution in [1.29, 1.82) is 0 Å². The van der Waals surface area contributed by atoms with Crippen molar-refractivity contribution in [3.63, 3.8) is 0 Å². The molecule has 1 aliphatic heterocycles. The van der Waals surface area contributed by atoms with Gasteiger partial charge in [0.25, 0.3) is 0 Å². The molecule has 1 aliphatic rings. The van der Waals surface area contributed by atoms with Crippen molar-refractivity contribution in [2.75, 3.05) is 24.5 Å². The molecular weight excluding hydrogens is 296 g/mol. The molecule has 0 unspecified atom stereocenters. The smallest absolute Gasteiger partial charge is 0.410 e. The lowest BCUT2D eigenvalue weighted by molar-refractivity contribution is -0.362. The Kier molecular flexibility index (Phi) is 5.18. The number of hydrogen-bond acceptors (Lipinski definition) is 5. The number of nitroso groups, excluding NO2 is 1. The van der Waals surface area contributed by atoms with Crippen LogP contribution < -0.4 is 9.88 Å². The van der Waals surface area contributed by atoms with Crippen LogP contribution in [-0.2, 0) is 4.74 Å². The Labute approximate surface area is 136 Å². The number of aromatic amines is 1. The number of carbonyl (C=O) groups is 1. The van der Waals surface area contributed by atoms with Crippen LogP contribution in [0.15, 0.2) is 23.5 Å². The Hall–Kier alpha value is -2.18. The van der Waals surface area contributed by atoms with Crippen molar-refractivity contribution in [3.05, 3.63) is 23.2 Å². The number of pyridine rings is 1. The van der Waals surface area contributed by atoms with Crippen molar-refractivity contribution in [1.82, 2.24) is 4.90 Å². The second-order valence-electron chi connectivity index (χ2n) is 6.71. The standard InChI is InChI=1S/C16H24N4O3/c1-5-12-11-19(15(21)23-16(2,3)4)8-9-20(12)13-6-7-14(18-22)17-10-13/h6-7,10,12H,5,8-9,11H2,1-4H3/p+1/t12-/m0/s1. The number of H-pyrrole nitrogens is 1. The summed E-state index contributed by atoms with van der Waals surface area (Å²) in [6.07, 6.45) is 2.43. The Morgan fingerprint density at radius 3 is 2.65 bits per heavy atom. The number of hydrogen-bond donors (Lipinski definition) is 0. The summed E-state index contributed by atoms with van der Waals surface area (Å²) in [5.74, 6) is 0.300. The minimum atomic E-state index is -0.484. The van der Waals surface area contributed by atoms with Crippen molar-refractivity contribution >= 4 is 17.6 Å². The second-order valence-corrected chi connectivity index (χ2v) is 6.71. The van der Waals surface area contributed by atoms with Gasteiger partial charge in [0.15, 0.2) is 0 Å². The molecule has 2 rings (SSSR count).